The van der Waals surface area contributed by atoms with Gasteiger partial charge in [-0.3, -0.25) is 4.90 Å². The van der Waals surface area contributed by atoms with E-state index in [1.54, 1.807) is 19.3 Å². The van der Waals surface area contributed by atoms with Gasteiger partial charge in [0.25, 0.3) is 0 Å². The van der Waals surface area contributed by atoms with E-state index >= 15 is 0 Å². The van der Waals surface area contributed by atoms with E-state index in [1.807, 2.05) is 25.1 Å². The van der Waals surface area contributed by atoms with Crippen molar-refractivity contribution in [2.24, 2.45) is 0 Å². The molecule has 2 aromatic heterocycles. The first-order chi connectivity index (χ1) is 16.9. The van der Waals surface area contributed by atoms with Gasteiger partial charge in [0.15, 0.2) is 5.65 Å². The van der Waals surface area contributed by atoms with E-state index in [1.165, 1.54) is 15.7 Å². The first-order valence-electron chi connectivity index (χ1n) is 11.7. The summed E-state index contributed by atoms with van der Waals surface area (Å²) in [6.45, 7) is 8.36. The van der Waals surface area contributed by atoms with E-state index in [0.29, 0.717) is 39.6 Å². The first kappa shape index (κ1) is 23.3. The topological polar surface area (TPSA) is 88.0 Å². The van der Waals surface area contributed by atoms with Gasteiger partial charge in [0.05, 0.1) is 16.1 Å². The molecule has 5 rings (SSSR count). The number of halogens is 1. The van der Waals surface area contributed by atoms with Gasteiger partial charge in [-0.25, -0.2) is 14.3 Å². The van der Waals surface area contributed by atoms with Crippen LogP contribution < -0.4 is 16.3 Å². The summed E-state index contributed by atoms with van der Waals surface area (Å²) in [5, 5.41) is 7.47. The van der Waals surface area contributed by atoms with Gasteiger partial charge in [0.2, 0.25) is 5.95 Å². The van der Waals surface area contributed by atoms with Crippen LogP contribution in [0.25, 0.3) is 16.7 Å². The molecule has 9 heteroatoms. The van der Waals surface area contributed by atoms with Crippen molar-refractivity contribution in [3.05, 3.63) is 74.8 Å². The zero-order chi connectivity index (χ0) is 24.7. The molecule has 2 aromatic carbocycles. The van der Waals surface area contributed by atoms with Crippen LogP contribution in [-0.2, 0) is 13.0 Å². The number of rotatable bonds is 5. The number of fused-ring (bicyclic) bond motifs is 2. The lowest BCUT2D eigenvalue weighted by atomic mass is 9.98. The van der Waals surface area contributed by atoms with Crippen molar-refractivity contribution >= 4 is 40.1 Å². The van der Waals surface area contributed by atoms with Gasteiger partial charge in [0, 0.05) is 38.1 Å². The zero-order valence-corrected chi connectivity index (χ0v) is 21.0. The van der Waals surface area contributed by atoms with Crippen LogP contribution in [0.1, 0.15) is 30.5 Å². The highest BCUT2D eigenvalue weighted by Crippen LogP contribution is 2.29. The van der Waals surface area contributed by atoms with Crippen LogP contribution in [0.3, 0.4) is 0 Å². The Bertz CT molecular complexity index is 1460. The fourth-order valence-electron chi connectivity index (χ4n) is 4.63. The molecule has 8 nitrogen and oxygen atoms in total. The second-order valence-electron chi connectivity index (χ2n) is 9.09. The molecule has 1 aliphatic rings. The molecular weight excluding hydrogens is 462 g/mol. The minimum absolute atomic E-state index is 0.307. The number of aromatic nitrogens is 4. The maximum Gasteiger partial charge on any atom is 0.355 e. The molecule has 0 aliphatic carbocycles. The van der Waals surface area contributed by atoms with Gasteiger partial charge < -0.3 is 10.6 Å². The molecule has 0 amide bonds. The van der Waals surface area contributed by atoms with Gasteiger partial charge in [-0.1, -0.05) is 29.8 Å². The Labute approximate surface area is 209 Å². The maximum absolute atomic E-state index is 13.1. The van der Waals surface area contributed by atoms with Crippen LogP contribution in [0, 0.1) is 6.92 Å². The Balaban J connectivity index is 1.52. The van der Waals surface area contributed by atoms with E-state index in [4.69, 9.17) is 11.6 Å². The van der Waals surface area contributed by atoms with Gasteiger partial charge in [-0.2, -0.15) is 9.97 Å². The molecule has 0 unspecified atom stereocenters. The number of hydrogen-bond donors (Lipinski definition) is 2. The molecule has 35 heavy (non-hydrogen) atoms. The number of para-hydroxylation sites is 1. The minimum atomic E-state index is -0.467. The first-order valence-corrected chi connectivity index (χ1v) is 12.1. The molecule has 2 N–H and O–H groups in total. The van der Waals surface area contributed by atoms with E-state index < -0.39 is 5.69 Å². The van der Waals surface area contributed by atoms with E-state index in [0.717, 1.165) is 30.8 Å². The number of aryl methyl sites for hydroxylation is 1. The second kappa shape index (κ2) is 9.28. The number of anilines is 3. The maximum atomic E-state index is 13.1. The van der Waals surface area contributed by atoms with Gasteiger partial charge in [-0.05, 0) is 62.1 Å². The Kier molecular flexibility index (Phi) is 6.17. The largest absolute Gasteiger partial charge is 0.373 e. The van der Waals surface area contributed by atoms with Crippen LogP contribution in [-0.4, -0.2) is 44.1 Å². The summed E-state index contributed by atoms with van der Waals surface area (Å²) >= 11 is 6.45. The molecule has 0 fully saturated rings. The lowest BCUT2D eigenvalue weighted by Crippen LogP contribution is -2.35. The predicted molar refractivity (Wildman–Crippen MR) is 141 cm³/mol. The molecule has 0 saturated carbocycles. The van der Waals surface area contributed by atoms with Crippen LogP contribution >= 0.6 is 11.6 Å². The molecular formula is C26H28ClN7O. The highest BCUT2D eigenvalue weighted by atomic mass is 35.5. The summed E-state index contributed by atoms with van der Waals surface area (Å²) in [6, 6.07) is 12.4. The van der Waals surface area contributed by atoms with Crippen molar-refractivity contribution in [1.82, 2.24) is 24.4 Å². The van der Waals surface area contributed by atoms with Crippen molar-refractivity contribution in [2.75, 3.05) is 24.2 Å². The Morgan fingerprint density at radius 3 is 2.69 bits per heavy atom. The SMILES string of the molecule is CNc1c2cnc(Nc3ccc4c(c3)CN(C(C)C)CC4)nc2nc(=O)n1-c1c(C)cccc1Cl. The van der Waals surface area contributed by atoms with Crippen molar-refractivity contribution < 1.29 is 0 Å². The van der Waals surface area contributed by atoms with E-state index in [-0.39, 0.29) is 0 Å². The number of nitrogens with one attached hydrogen (secondary N) is 2. The summed E-state index contributed by atoms with van der Waals surface area (Å²) in [4.78, 5) is 28.9. The molecule has 0 atom stereocenters. The molecule has 180 valence electrons. The summed E-state index contributed by atoms with van der Waals surface area (Å²) in [5.74, 6) is 0.917. The van der Waals surface area contributed by atoms with Crippen molar-refractivity contribution in [3.8, 4) is 5.69 Å². The second-order valence-corrected chi connectivity index (χ2v) is 9.49. The molecule has 0 bridgehead atoms. The molecule has 1 aliphatic heterocycles. The van der Waals surface area contributed by atoms with Crippen LogP contribution in [0.4, 0.5) is 17.5 Å². The smallest absolute Gasteiger partial charge is 0.355 e. The van der Waals surface area contributed by atoms with Crippen LogP contribution in [0.5, 0.6) is 0 Å². The standard InChI is InChI=1S/C26H28ClN7O/c1-15(2)33-11-10-17-8-9-19(12-18(17)14-33)30-25-29-13-20-23(31-25)32-26(35)34(24(20)28-4)22-16(3)6-5-7-21(22)27/h5-9,12-13,15,28H,10-11,14H2,1-4H3,(H,30,31,32,35). The monoisotopic (exact) mass is 489 g/mol. The average Bonchev–Trinajstić information content (AvgIpc) is 2.83. The summed E-state index contributed by atoms with van der Waals surface area (Å²) < 4.78 is 1.47. The fourth-order valence-corrected chi connectivity index (χ4v) is 4.94. The normalized spacial score (nSPS) is 13.8. The summed E-state index contributed by atoms with van der Waals surface area (Å²) in [7, 11) is 1.75. The predicted octanol–water partition coefficient (Wildman–Crippen LogP) is 4.69. The minimum Gasteiger partial charge on any atom is -0.373 e. The highest BCUT2D eigenvalue weighted by Gasteiger charge is 2.20. The van der Waals surface area contributed by atoms with Gasteiger partial charge in [0.1, 0.15) is 5.82 Å². The third-order valence-corrected chi connectivity index (χ3v) is 6.83. The third kappa shape index (κ3) is 4.35. The average molecular weight is 490 g/mol. The van der Waals surface area contributed by atoms with E-state index in [2.05, 4.69) is 56.5 Å². The molecule has 3 heterocycles. The van der Waals surface area contributed by atoms with Crippen molar-refractivity contribution in [3.63, 3.8) is 0 Å². The van der Waals surface area contributed by atoms with Gasteiger partial charge in [-0.15, -0.1) is 0 Å². The quantitative estimate of drug-likeness (QED) is 0.420. The number of hydrogen-bond acceptors (Lipinski definition) is 7. The van der Waals surface area contributed by atoms with E-state index in [9.17, 15) is 4.79 Å². The van der Waals surface area contributed by atoms with Crippen LogP contribution in [0.2, 0.25) is 5.02 Å². The molecule has 4 aromatic rings. The molecule has 0 spiro atoms. The lowest BCUT2D eigenvalue weighted by molar-refractivity contribution is 0.203. The Hall–Kier alpha value is -3.49. The Morgan fingerprint density at radius 1 is 1.11 bits per heavy atom. The fraction of sp³-hybridized carbons (Fsp3) is 0.308. The molecule has 0 radical (unpaired) electrons. The summed E-state index contributed by atoms with van der Waals surface area (Å²) in [6.07, 6.45) is 2.72. The molecule has 0 saturated heterocycles. The number of nitrogens with zero attached hydrogens (tertiary/aromatic N) is 5. The summed E-state index contributed by atoms with van der Waals surface area (Å²) in [5.41, 5.74) is 4.88. The highest BCUT2D eigenvalue weighted by molar-refractivity contribution is 6.32. The third-order valence-electron chi connectivity index (χ3n) is 6.52. The van der Waals surface area contributed by atoms with Crippen molar-refractivity contribution in [2.45, 2.75) is 39.8 Å². The van der Waals surface area contributed by atoms with Gasteiger partial charge >= 0.3 is 5.69 Å². The Morgan fingerprint density at radius 2 is 1.94 bits per heavy atom. The number of benzene rings is 2. The van der Waals surface area contributed by atoms with Crippen LogP contribution in [0.15, 0.2) is 47.4 Å². The van der Waals surface area contributed by atoms with Crippen molar-refractivity contribution in [1.29, 1.82) is 0 Å². The lowest BCUT2D eigenvalue weighted by Gasteiger charge is -2.32. The zero-order valence-electron chi connectivity index (χ0n) is 20.3.